The Bertz CT molecular complexity index is 1160. The monoisotopic (exact) mass is 507 g/mol. The minimum absolute atomic E-state index is 0.0209. The molecule has 2 aliphatic carbocycles. The summed E-state index contributed by atoms with van der Waals surface area (Å²) in [7, 11) is 0. The molecule has 5 rings (SSSR count). The molecule has 2 aliphatic heterocycles. The van der Waals surface area contributed by atoms with Gasteiger partial charge in [0.15, 0.2) is 5.78 Å². The molecule has 0 bridgehead atoms. The first kappa shape index (κ1) is 25.9. The van der Waals surface area contributed by atoms with Crippen LogP contribution in [0.1, 0.15) is 46.6 Å². The van der Waals surface area contributed by atoms with Crippen molar-refractivity contribution in [1.82, 2.24) is 5.32 Å². The van der Waals surface area contributed by atoms with Crippen molar-refractivity contribution < 1.29 is 29.0 Å². The van der Waals surface area contributed by atoms with Gasteiger partial charge in [0.25, 0.3) is 0 Å². The van der Waals surface area contributed by atoms with Crippen LogP contribution in [0, 0.1) is 29.1 Å². The van der Waals surface area contributed by atoms with Gasteiger partial charge in [0.1, 0.15) is 17.1 Å². The quantitative estimate of drug-likeness (QED) is 0.370. The maximum absolute atomic E-state index is 14.3. The van der Waals surface area contributed by atoms with Crippen molar-refractivity contribution in [2.75, 3.05) is 0 Å². The van der Waals surface area contributed by atoms with Crippen molar-refractivity contribution in [2.45, 2.75) is 76.9 Å². The van der Waals surface area contributed by atoms with Gasteiger partial charge in [0.2, 0.25) is 5.91 Å². The summed E-state index contributed by atoms with van der Waals surface area (Å²) in [6.07, 6.45) is 6.72. The molecule has 7 nitrogen and oxygen atoms in total. The second-order valence-electron chi connectivity index (χ2n) is 11.7. The Kier molecular flexibility index (Phi) is 6.23. The van der Waals surface area contributed by atoms with Crippen LogP contribution in [0.5, 0.6) is 0 Å². The Morgan fingerprint density at radius 3 is 2.54 bits per heavy atom. The summed E-state index contributed by atoms with van der Waals surface area (Å²) in [6, 6.07) is 9.82. The molecule has 4 aliphatic rings. The van der Waals surface area contributed by atoms with Gasteiger partial charge < -0.3 is 19.9 Å². The first-order valence-corrected chi connectivity index (χ1v) is 13.3. The van der Waals surface area contributed by atoms with E-state index < -0.39 is 34.6 Å². The molecule has 1 amide bonds. The van der Waals surface area contributed by atoms with Gasteiger partial charge in [0, 0.05) is 30.7 Å². The number of nitrogens with one attached hydrogen (secondary N) is 1. The lowest BCUT2D eigenvalue weighted by Crippen LogP contribution is -2.60. The van der Waals surface area contributed by atoms with Gasteiger partial charge in [-0.25, -0.2) is 0 Å². The van der Waals surface area contributed by atoms with Crippen LogP contribution in [0.25, 0.3) is 0 Å². The predicted molar refractivity (Wildman–Crippen MR) is 137 cm³/mol. The molecule has 2 heterocycles. The molecule has 1 spiro atoms. The Labute approximate surface area is 218 Å². The zero-order chi connectivity index (χ0) is 26.8. The van der Waals surface area contributed by atoms with Crippen molar-refractivity contribution in [1.29, 1.82) is 0 Å². The molecule has 1 aromatic carbocycles. The number of Topliss-reactive ketones (excluding diaryl/α,β-unsaturated/α-hetero) is 1. The molecule has 198 valence electrons. The predicted octanol–water partition coefficient (Wildman–Crippen LogP) is 3.16. The second-order valence-corrected chi connectivity index (χ2v) is 11.7. The third-order valence-electron chi connectivity index (χ3n) is 9.34. The van der Waals surface area contributed by atoms with E-state index in [1.807, 2.05) is 42.5 Å². The van der Waals surface area contributed by atoms with Crippen molar-refractivity contribution in [3.8, 4) is 0 Å². The Morgan fingerprint density at radius 2 is 1.86 bits per heavy atom. The van der Waals surface area contributed by atoms with E-state index in [1.165, 1.54) is 19.9 Å². The SMILES string of the molecule is CC(=O)O[C@@H]1/C=C\[C@@](C)(O)C(=O)[C@@H](C)C/C=C\[C@H]2[C@@H]3O[C@]3(C)[C@@H](C)[C@H]3[C@H](Cc4ccccc4)NC(=O)[C@@]312. The Hall–Kier alpha value is -2.77. The van der Waals surface area contributed by atoms with Crippen LogP contribution in [0.3, 0.4) is 0 Å². The number of benzene rings is 1. The number of allylic oxidation sites excluding steroid dienone is 1. The number of hydrogen-bond donors (Lipinski definition) is 2. The molecule has 0 aromatic heterocycles. The van der Waals surface area contributed by atoms with Crippen LogP contribution < -0.4 is 5.32 Å². The van der Waals surface area contributed by atoms with Crippen LogP contribution in [0.4, 0.5) is 0 Å². The first-order valence-electron chi connectivity index (χ1n) is 13.3. The molecular weight excluding hydrogens is 470 g/mol. The number of carbonyl (C=O) groups excluding carboxylic acids is 3. The van der Waals surface area contributed by atoms with Gasteiger partial charge in [-0.1, -0.05) is 56.3 Å². The third-order valence-corrected chi connectivity index (χ3v) is 9.34. The highest BCUT2D eigenvalue weighted by Crippen LogP contribution is 2.67. The number of epoxide rings is 1. The summed E-state index contributed by atoms with van der Waals surface area (Å²) in [5, 5.41) is 14.3. The van der Waals surface area contributed by atoms with Crippen molar-refractivity contribution in [3.05, 3.63) is 60.2 Å². The molecule has 1 saturated carbocycles. The van der Waals surface area contributed by atoms with Crippen LogP contribution in [0.15, 0.2) is 54.6 Å². The zero-order valence-electron chi connectivity index (χ0n) is 22.1. The third kappa shape index (κ3) is 3.98. The molecule has 7 heteroatoms. The van der Waals surface area contributed by atoms with Crippen LogP contribution >= 0.6 is 0 Å². The van der Waals surface area contributed by atoms with E-state index in [0.717, 1.165) is 5.56 Å². The van der Waals surface area contributed by atoms with Gasteiger partial charge in [0.05, 0.1) is 11.7 Å². The fourth-order valence-corrected chi connectivity index (χ4v) is 7.33. The smallest absolute Gasteiger partial charge is 0.303 e. The van der Waals surface area contributed by atoms with E-state index in [2.05, 4.69) is 19.2 Å². The topological polar surface area (TPSA) is 105 Å². The summed E-state index contributed by atoms with van der Waals surface area (Å²) < 4.78 is 12.3. The largest absolute Gasteiger partial charge is 0.457 e. The fourth-order valence-electron chi connectivity index (χ4n) is 7.33. The van der Waals surface area contributed by atoms with Crippen LogP contribution in [-0.4, -0.2) is 52.2 Å². The van der Waals surface area contributed by atoms with Crippen molar-refractivity contribution in [2.24, 2.45) is 29.1 Å². The number of aliphatic hydroxyl groups is 1. The molecule has 0 radical (unpaired) electrons. The maximum atomic E-state index is 14.3. The van der Waals surface area contributed by atoms with Crippen LogP contribution in [0.2, 0.25) is 0 Å². The summed E-state index contributed by atoms with van der Waals surface area (Å²) in [4.78, 5) is 39.7. The summed E-state index contributed by atoms with van der Waals surface area (Å²) in [5.74, 6) is -2.10. The van der Waals surface area contributed by atoms with E-state index in [1.54, 1.807) is 13.0 Å². The van der Waals surface area contributed by atoms with Gasteiger partial charge in [-0.05, 0) is 50.3 Å². The molecule has 2 N–H and O–H groups in total. The van der Waals surface area contributed by atoms with E-state index >= 15 is 0 Å². The van der Waals surface area contributed by atoms with Gasteiger partial charge >= 0.3 is 5.97 Å². The Balaban J connectivity index is 1.70. The normalized spacial score (nSPS) is 46.4. The van der Waals surface area contributed by atoms with Gasteiger partial charge in [-0.15, -0.1) is 0 Å². The standard InChI is InChI=1S/C30H37NO6/c1-17-10-9-13-21-26-29(5,37-26)18(2)24-22(16-20-11-7-6-8-12-20)31-27(34)30(21,24)23(36-19(3)32)14-15-28(4,35)25(17)33/h6-9,11-15,17-18,21-24,26,35H,10,16H2,1-5H3,(H,31,34)/b13-9-,15-14-/t17-,18-,21-,22-,23+,24-,26-,28+,29+,30+/m0/s1. The molecule has 2 saturated heterocycles. The number of ether oxygens (including phenoxy) is 2. The van der Waals surface area contributed by atoms with Crippen molar-refractivity contribution >= 4 is 17.7 Å². The first-order chi connectivity index (χ1) is 17.4. The van der Waals surface area contributed by atoms with Crippen molar-refractivity contribution in [3.63, 3.8) is 0 Å². The Morgan fingerprint density at radius 1 is 1.16 bits per heavy atom. The minimum Gasteiger partial charge on any atom is -0.457 e. The summed E-state index contributed by atoms with van der Waals surface area (Å²) in [5.41, 5.74) is -2.24. The minimum atomic E-state index is -1.76. The van der Waals surface area contributed by atoms with Crippen LogP contribution in [-0.2, 0) is 30.3 Å². The highest BCUT2D eigenvalue weighted by Gasteiger charge is 2.78. The molecule has 3 fully saturated rings. The molecular formula is C30H37NO6. The number of fused-ring (bicyclic) bond motifs is 2. The number of carbonyl (C=O) groups is 3. The molecule has 37 heavy (non-hydrogen) atoms. The molecule has 10 atom stereocenters. The summed E-state index contributed by atoms with van der Waals surface area (Å²) in [6.45, 7) is 8.76. The van der Waals surface area contributed by atoms with Gasteiger partial charge in [-0.3, -0.25) is 14.4 Å². The maximum Gasteiger partial charge on any atom is 0.303 e. The highest BCUT2D eigenvalue weighted by molar-refractivity contribution is 5.91. The van der Waals surface area contributed by atoms with Gasteiger partial charge in [-0.2, -0.15) is 0 Å². The number of esters is 1. The van der Waals surface area contributed by atoms with E-state index in [-0.39, 0.29) is 41.6 Å². The fraction of sp³-hybridized carbons (Fsp3) is 0.567. The molecule has 0 unspecified atom stereocenters. The number of amides is 1. The lowest BCUT2D eigenvalue weighted by Gasteiger charge is -2.49. The summed E-state index contributed by atoms with van der Waals surface area (Å²) >= 11 is 0. The average molecular weight is 508 g/mol. The number of hydrogen-bond acceptors (Lipinski definition) is 6. The lowest BCUT2D eigenvalue weighted by molar-refractivity contribution is -0.162. The number of ketones is 1. The lowest BCUT2D eigenvalue weighted by atomic mass is 9.51. The van der Waals surface area contributed by atoms with E-state index in [9.17, 15) is 19.5 Å². The average Bonchev–Trinajstić information content (AvgIpc) is 3.46. The molecule has 1 aromatic rings. The van der Waals surface area contributed by atoms with E-state index in [0.29, 0.717) is 12.8 Å². The highest BCUT2D eigenvalue weighted by atomic mass is 16.6. The second kappa shape index (κ2) is 8.91. The number of rotatable bonds is 3. The van der Waals surface area contributed by atoms with E-state index in [4.69, 9.17) is 9.47 Å². The zero-order valence-corrected chi connectivity index (χ0v) is 22.1.